The lowest BCUT2D eigenvalue weighted by Crippen LogP contribution is -2.45. The highest BCUT2D eigenvalue weighted by Gasteiger charge is 2.33. The highest BCUT2D eigenvalue weighted by atomic mass is 19.4. The Hall–Kier alpha value is -1.60. The lowest BCUT2D eigenvalue weighted by atomic mass is 10.0. The number of hydrogen-bond acceptors (Lipinski definition) is 3. The summed E-state index contributed by atoms with van der Waals surface area (Å²) in [6, 6.07) is 4.80. The van der Waals surface area contributed by atoms with Crippen molar-refractivity contribution in [1.82, 2.24) is 4.90 Å². The molecule has 1 aromatic rings. The van der Waals surface area contributed by atoms with Gasteiger partial charge in [0.05, 0.1) is 24.4 Å². The zero-order chi connectivity index (χ0) is 16.2. The third-order valence-electron chi connectivity index (χ3n) is 3.81. The summed E-state index contributed by atoms with van der Waals surface area (Å²) in [5.74, 6) is -0.503. The third-order valence-corrected chi connectivity index (χ3v) is 3.81. The van der Waals surface area contributed by atoms with Crippen LogP contribution in [0.4, 0.5) is 18.9 Å². The van der Waals surface area contributed by atoms with Gasteiger partial charge in [-0.15, -0.1) is 0 Å². The number of carbonyl (C=O) groups excluding carboxylic acids is 1. The van der Waals surface area contributed by atoms with Crippen molar-refractivity contribution in [3.05, 3.63) is 29.8 Å². The molecule has 0 saturated carbocycles. The molecule has 7 heteroatoms. The Morgan fingerprint density at radius 3 is 2.73 bits per heavy atom. The van der Waals surface area contributed by atoms with Gasteiger partial charge >= 0.3 is 6.18 Å². The van der Waals surface area contributed by atoms with Gasteiger partial charge in [-0.25, -0.2) is 0 Å². The first-order chi connectivity index (χ1) is 10.4. The number of piperidine rings is 1. The number of hydrogen-bond donors (Lipinski definition) is 2. The van der Waals surface area contributed by atoms with Crippen LogP contribution in [0.3, 0.4) is 0 Å². The molecule has 0 bridgehead atoms. The van der Waals surface area contributed by atoms with E-state index in [1.807, 2.05) is 4.90 Å². The molecule has 1 fully saturated rings. The van der Waals surface area contributed by atoms with Crippen LogP contribution < -0.4 is 5.32 Å². The van der Waals surface area contributed by atoms with Crippen molar-refractivity contribution in [2.24, 2.45) is 0 Å². The molecule has 1 aliphatic rings. The molecule has 0 unspecified atom stereocenters. The third kappa shape index (κ3) is 4.20. The Labute approximate surface area is 126 Å². The number of halogens is 3. The molecular weight excluding hydrogens is 297 g/mol. The molecule has 2 rings (SSSR count). The van der Waals surface area contributed by atoms with E-state index in [9.17, 15) is 23.1 Å². The molecule has 1 aliphatic heterocycles. The summed E-state index contributed by atoms with van der Waals surface area (Å²) in [7, 11) is 0. The fraction of sp³-hybridized carbons (Fsp3) is 0.533. The van der Waals surface area contributed by atoms with Gasteiger partial charge in [0, 0.05) is 6.04 Å². The first-order valence-electron chi connectivity index (χ1n) is 7.23. The van der Waals surface area contributed by atoms with Crippen LogP contribution in [0.25, 0.3) is 0 Å². The Morgan fingerprint density at radius 1 is 1.32 bits per heavy atom. The van der Waals surface area contributed by atoms with E-state index < -0.39 is 17.6 Å². The van der Waals surface area contributed by atoms with E-state index in [1.165, 1.54) is 18.2 Å². The van der Waals surface area contributed by atoms with Crippen LogP contribution in [-0.2, 0) is 11.0 Å². The molecule has 0 aromatic heterocycles. The van der Waals surface area contributed by atoms with Crippen molar-refractivity contribution in [2.75, 3.05) is 25.0 Å². The average Bonchev–Trinajstić information content (AvgIpc) is 2.47. The Bertz CT molecular complexity index is 520. The molecule has 1 amide bonds. The van der Waals surface area contributed by atoms with E-state index in [0.717, 1.165) is 25.3 Å². The van der Waals surface area contributed by atoms with Gasteiger partial charge in [-0.3, -0.25) is 9.69 Å². The quantitative estimate of drug-likeness (QED) is 0.897. The topological polar surface area (TPSA) is 52.6 Å². The van der Waals surface area contributed by atoms with E-state index in [-0.39, 0.29) is 24.9 Å². The number of benzene rings is 1. The van der Waals surface area contributed by atoms with E-state index >= 15 is 0 Å². The summed E-state index contributed by atoms with van der Waals surface area (Å²) < 4.78 is 38.6. The normalized spacial score (nSPS) is 19.9. The number of para-hydroxylation sites is 1. The zero-order valence-electron chi connectivity index (χ0n) is 12.1. The molecule has 1 aromatic carbocycles. The summed E-state index contributed by atoms with van der Waals surface area (Å²) in [6.45, 7) is 0.601. The number of carbonyl (C=O) groups is 1. The lowest BCUT2D eigenvalue weighted by Gasteiger charge is -2.33. The summed E-state index contributed by atoms with van der Waals surface area (Å²) in [6.07, 6.45) is -1.81. The van der Waals surface area contributed by atoms with Gasteiger partial charge in [-0.05, 0) is 31.5 Å². The number of aliphatic hydroxyl groups excluding tert-OH is 1. The van der Waals surface area contributed by atoms with Crippen molar-refractivity contribution in [3.8, 4) is 0 Å². The fourth-order valence-corrected chi connectivity index (χ4v) is 2.69. The largest absolute Gasteiger partial charge is 0.418 e. The highest BCUT2D eigenvalue weighted by molar-refractivity contribution is 5.93. The number of nitrogens with zero attached hydrogens (tertiary/aromatic N) is 1. The Balaban J connectivity index is 2.03. The van der Waals surface area contributed by atoms with Gasteiger partial charge in [0.15, 0.2) is 0 Å². The number of alkyl halides is 3. The minimum atomic E-state index is -4.51. The van der Waals surface area contributed by atoms with Gasteiger partial charge in [0.1, 0.15) is 0 Å². The SMILES string of the molecule is O=C(CN1CCCC[C@@H]1CO)Nc1ccccc1C(F)(F)F. The molecule has 1 saturated heterocycles. The summed E-state index contributed by atoms with van der Waals surface area (Å²) in [4.78, 5) is 13.8. The second-order valence-electron chi connectivity index (χ2n) is 5.39. The molecule has 1 atom stereocenters. The van der Waals surface area contributed by atoms with E-state index in [2.05, 4.69) is 5.32 Å². The molecule has 1 heterocycles. The number of likely N-dealkylation sites (tertiary alicyclic amines) is 1. The van der Waals surface area contributed by atoms with E-state index in [0.29, 0.717) is 6.54 Å². The summed E-state index contributed by atoms with van der Waals surface area (Å²) >= 11 is 0. The number of nitrogens with one attached hydrogen (secondary N) is 1. The minimum absolute atomic E-state index is 0.0165. The number of amides is 1. The maximum atomic E-state index is 12.9. The first-order valence-corrected chi connectivity index (χ1v) is 7.23. The molecule has 0 aliphatic carbocycles. The van der Waals surface area contributed by atoms with Crippen molar-refractivity contribution in [1.29, 1.82) is 0 Å². The molecule has 122 valence electrons. The highest BCUT2D eigenvalue weighted by Crippen LogP contribution is 2.34. The minimum Gasteiger partial charge on any atom is -0.395 e. The van der Waals surface area contributed by atoms with Crippen molar-refractivity contribution >= 4 is 11.6 Å². The van der Waals surface area contributed by atoms with Gasteiger partial charge in [0.25, 0.3) is 0 Å². The standard InChI is InChI=1S/C15H19F3N2O2/c16-15(17,18)12-6-1-2-7-13(12)19-14(22)9-20-8-4-3-5-11(20)10-21/h1-2,6-7,11,21H,3-5,8-10H2,(H,19,22)/t11-/m1/s1. The van der Waals surface area contributed by atoms with Crippen molar-refractivity contribution < 1.29 is 23.1 Å². The first kappa shape index (κ1) is 16.8. The second-order valence-corrected chi connectivity index (χ2v) is 5.39. The van der Waals surface area contributed by atoms with Crippen LogP contribution in [-0.4, -0.2) is 41.7 Å². The number of aliphatic hydroxyl groups is 1. The zero-order valence-corrected chi connectivity index (χ0v) is 12.1. The van der Waals surface area contributed by atoms with Gasteiger partial charge < -0.3 is 10.4 Å². The van der Waals surface area contributed by atoms with Crippen LogP contribution in [0.15, 0.2) is 24.3 Å². The van der Waals surface area contributed by atoms with Gasteiger partial charge in [-0.1, -0.05) is 18.6 Å². The molecular formula is C15H19F3N2O2. The van der Waals surface area contributed by atoms with Gasteiger partial charge in [0.2, 0.25) is 5.91 Å². The second kappa shape index (κ2) is 7.11. The van der Waals surface area contributed by atoms with Crippen LogP contribution in [0.1, 0.15) is 24.8 Å². The molecule has 2 N–H and O–H groups in total. The van der Waals surface area contributed by atoms with E-state index in [4.69, 9.17) is 0 Å². The molecule has 4 nitrogen and oxygen atoms in total. The van der Waals surface area contributed by atoms with Crippen LogP contribution in [0, 0.1) is 0 Å². The maximum Gasteiger partial charge on any atom is 0.418 e. The van der Waals surface area contributed by atoms with Gasteiger partial charge in [-0.2, -0.15) is 13.2 Å². The molecule has 0 spiro atoms. The molecule has 22 heavy (non-hydrogen) atoms. The van der Waals surface area contributed by atoms with Crippen molar-refractivity contribution in [3.63, 3.8) is 0 Å². The Kier molecular flexibility index (Phi) is 5.42. The average molecular weight is 316 g/mol. The predicted molar refractivity (Wildman–Crippen MR) is 76.4 cm³/mol. The lowest BCUT2D eigenvalue weighted by molar-refractivity contribution is -0.137. The maximum absolute atomic E-state index is 12.9. The summed E-state index contributed by atoms with van der Waals surface area (Å²) in [5, 5.41) is 11.6. The smallest absolute Gasteiger partial charge is 0.395 e. The number of rotatable bonds is 4. The van der Waals surface area contributed by atoms with Crippen molar-refractivity contribution in [2.45, 2.75) is 31.5 Å². The number of anilines is 1. The van der Waals surface area contributed by atoms with Crippen LogP contribution in [0.5, 0.6) is 0 Å². The van der Waals surface area contributed by atoms with Crippen LogP contribution >= 0.6 is 0 Å². The van der Waals surface area contributed by atoms with E-state index in [1.54, 1.807) is 0 Å². The van der Waals surface area contributed by atoms with Crippen LogP contribution in [0.2, 0.25) is 0 Å². The Morgan fingerprint density at radius 2 is 2.05 bits per heavy atom. The summed E-state index contributed by atoms with van der Waals surface area (Å²) in [5.41, 5.74) is -1.10. The fourth-order valence-electron chi connectivity index (χ4n) is 2.69. The predicted octanol–water partition coefficient (Wildman–Crippen LogP) is 2.49. The monoisotopic (exact) mass is 316 g/mol. The molecule has 0 radical (unpaired) electrons.